The van der Waals surface area contributed by atoms with Gasteiger partial charge in [0.2, 0.25) is 0 Å². The molecule has 2 fully saturated rings. The number of thiazole rings is 1. The van der Waals surface area contributed by atoms with Gasteiger partial charge in [-0.3, -0.25) is 0 Å². The summed E-state index contributed by atoms with van der Waals surface area (Å²) in [6.07, 6.45) is 9.83. The summed E-state index contributed by atoms with van der Waals surface area (Å²) in [6.45, 7) is 2.97. The van der Waals surface area contributed by atoms with E-state index in [9.17, 15) is 9.90 Å². The second-order valence-electron chi connectivity index (χ2n) is 10.1. The molecule has 0 radical (unpaired) electrons. The van der Waals surface area contributed by atoms with Crippen LogP contribution in [0, 0.1) is 5.92 Å². The van der Waals surface area contributed by atoms with Crippen LogP contribution in [0.3, 0.4) is 0 Å². The quantitative estimate of drug-likeness (QED) is 0.434. The van der Waals surface area contributed by atoms with E-state index in [0.717, 1.165) is 59.3 Å². The minimum atomic E-state index is -1.14. The minimum absolute atomic E-state index is 0. The van der Waals surface area contributed by atoms with Gasteiger partial charge in [0.1, 0.15) is 5.75 Å². The van der Waals surface area contributed by atoms with Crippen molar-refractivity contribution in [1.82, 2.24) is 4.98 Å². The van der Waals surface area contributed by atoms with E-state index in [1.807, 2.05) is 6.07 Å². The fourth-order valence-electron chi connectivity index (χ4n) is 5.34. The van der Waals surface area contributed by atoms with Gasteiger partial charge in [-0.05, 0) is 85.9 Å². The number of carboxylic acids is 1. The Labute approximate surface area is 240 Å². The monoisotopic (exact) mass is 512 g/mol. The Morgan fingerprint density at radius 1 is 1.06 bits per heavy atom. The molecular weight excluding hydrogens is 479 g/mol. The number of ether oxygens (including phenoxy) is 1. The number of nitrogens with zero attached hydrogens (tertiary/aromatic N) is 2. The van der Waals surface area contributed by atoms with Crippen LogP contribution in [-0.4, -0.2) is 23.1 Å². The van der Waals surface area contributed by atoms with Gasteiger partial charge in [-0.2, -0.15) is 0 Å². The van der Waals surface area contributed by atoms with E-state index >= 15 is 0 Å². The third-order valence-electron chi connectivity index (χ3n) is 7.43. The summed E-state index contributed by atoms with van der Waals surface area (Å²) < 4.78 is 6.23. The number of hydrogen-bond donors (Lipinski definition) is 0. The molecule has 7 heteroatoms. The van der Waals surface area contributed by atoms with Crippen molar-refractivity contribution in [2.45, 2.75) is 77.0 Å². The Hall–Kier alpha value is -1.86. The van der Waals surface area contributed by atoms with E-state index in [0.29, 0.717) is 18.7 Å². The van der Waals surface area contributed by atoms with Gasteiger partial charge in [0.25, 0.3) is 0 Å². The number of aromatic nitrogens is 1. The second kappa shape index (κ2) is 12.6. The first-order chi connectivity index (χ1) is 17.0. The number of aromatic carboxylic acids is 1. The molecule has 0 unspecified atom stereocenters. The molecule has 0 amide bonds. The van der Waals surface area contributed by atoms with E-state index in [1.54, 1.807) is 29.5 Å². The Bertz CT molecular complexity index is 1140. The van der Waals surface area contributed by atoms with Gasteiger partial charge in [-0.15, -0.1) is 11.3 Å². The van der Waals surface area contributed by atoms with Gasteiger partial charge in [-0.1, -0.05) is 38.0 Å². The zero-order chi connectivity index (χ0) is 24.2. The van der Waals surface area contributed by atoms with Crippen LogP contribution in [0.1, 0.15) is 74.2 Å². The molecule has 0 atom stereocenters. The van der Waals surface area contributed by atoms with E-state index in [-0.39, 0.29) is 35.1 Å². The van der Waals surface area contributed by atoms with Gasteiger partial charge in [0.15, 0.2) is 5.13 Å². The molecule has 1 aromatic heterocycles. The summed E-state index contributed by atoms with van der Waals surface area (Å²) in [5, 5.41) is 14.4. The number of carbonyl (C=O) groups excluding carboxylic acids is 1. The molecule has 0 N–H and O–H groups in total. The van der Waals surface area contributed by atoms with Crippen molar-refractivity contribution in [1.29, 1.82) is 0 Å². The molecule has 2 aromatic carbocycles. The van der Waals surface area contributed by atoms with Crippen LogP contribution >= 0.6 is 11.3 Å². The van der Waals surface area contributed by atoms with Crippen LogP contribution in [0.4, 0.5) is 5.13 Å². The normalized spacial score (nSPS) is 20.0. The van der Waals surface area contributed by atoms with Gasteiger partial charge in [0, 0.05) is 23.5 Å². The number of benzene rings is 2. The molecule has 2 aliphatic rings. The van der Waals surface area contributed by atoms with Crippen molar-refractivity contribution in [2.24, 2.45) is 5.92 Å². The predicted octanol–water partition coefficient (Wildman–Crippen LogP) is 3.08. The van der Waals surface area contributed by atoms with Crippen molar-refractivity contribution >= 4 is 22.4 Å². The summed E-state index contributed by atoms with van der Waals surface area (Å²) in [5.74, 6) is 0.614. The largest absolute Gasteiger partial charge is 1.00 e. The van der Waals surface area contributed by atoms with Crippen molar-refractivity contribution < 1.29 is 44.2 Å². The van der Waals surface area contributed by atoms with Crippen molar-refractivity contribution in [3.05, 3.63) is 65.0 Å². The number of hydrogen-bond acceptors (Lipinski definition) is 6. The van der Waals surface area contributed by atoms with Crippen LogP contribution in [0.5, 0.6) is 5.75 Å². The van der Waals surface area contributed by atoms with Gasteiger partial charge in [0.05, 0.1) is 17.8 Å². The van der Waals surface area contributed by atoms with E-state index in [4.69, 9.17) is 9.72 Å². The summed E-state index contributed by atoms with van der Waals surface area (Å²) in [7, 11) is 0. The number of anilines is 1. The maximum atomic E-state index is 11.3. The molecule has 2 saturated carbocycles. The molecule has 0 bridgehead atoms. The van der Waals surface area contributed by atoms with Gasteiger partial charge in [-0.25, -0.2) is 4.98 Å². The molecule has 2 aliphatic carbocycles. The summed E-state index contributed by atoms with van der Waals surface area (Å²) in [5.41, 5.74) is 3.24. The van der Waals surface area contributed by atoms with Crippen molar-refractivity contribution in [2.75, 3.05) is 4.90 Å². The second-order valence-corrected chi connectivity index (χ2v) is 10.9. The number of carboxylic acid groups (broad SMARTS) is 1. The average molecular weight is 513 g/mol. The Balaban J connectivity index is 0.00000304. The van der Waals surface area contributed by atoms with Crippen LogP contribution in [0.25, 0.3) is 11.3 Å². The summed E-state index contributed by atoms with van der Waals surface area (Å²) in [6, 6.07) is 15.8. The Morgan fingerprint density at radius 2 is 1.78 bits per heavy atom. The maximum absolute atomic E-state index is 11.3. The summed E-state index contributed by atoms with van der Waals surface area (Å²) >= 11 is 1.66. The molecule has 184 valence electrons. The minimum Gasteiger partial charge on any atom is -0.545 e. The smallest absolute Gasteiger partial charge is 0.545 e. The standard InChI is InChI=1S/C29H34N2O3S.Na/c1-20-9-13-25(14-10-20)34-26-15-11-22(12-16-26)27-19-35-29(30-27)31(24-7-2-3-8-24)18-21-5-4-6-23(17-21)28(32)33;/h4-6,11-12,15-17,19-20,24-25H,2-3,7-10,13-14,18H2,1H3,(H,32,33);/q;+1/p-1/t20-,25+;. The van der Waals surface area contributed by atoms with Crippen molar-refractivity contribution in [3.8, 4) is 17.0 Å². The third kappa shape index (κ3) is 6.71. The molecule has 0 spiro atoms. The molecule has 5 nitrogen and oxygen atoms in total. The van der Waals surface area contributed by atoms with Crippen LogP contribution in [0.2, 0.25) is 0 Å². The fraction of sp³-hybridized carbons (Fsp3) is 0.448. The van der Waals surface area contributed by atoms with Gasteiger partial charge < -0.3 is 19.5 Å². The van der Waals surface area contributed by atoms with E-state index < -0.39 is 5.97 Å². The Kier molecular flexibility index (Phi) is 9.51. The molecule has 3 aromatic rings. The molecule has 0 saturated heterocycles. The third-order valence-corrected chi connectivity index (χ3v) is 8.31. The van der Waals surface area contributed by atoms with E-state index in [2.05, 4.69) is 41.5 Å². The topological polar surface area (TPSA) is 65.5 Å². The first-order valence-electron chi connectivity index (χ1n) is 12.8. The molecule has 36 heavy (non-hydrogen) atoms. The Morgan fingerprint density at radius 3 is 2.47 bits per heavy atom. The first kappa shape index (κ1) is 27.2. The van der Waals surface area contributed by atoms with Gasteiger partial charge >= 0.3 is 29.6 Å². The summed E-state index contributed by atoms with van der Waals surface area (Å²) in [4.78, 5) is 18.7. The SMILES string of the molecule is C[C@H]1CC[C@@H](Oc2ccc(-c3csc(N(Cc4cccc(C(=O)[O-])c4)C4CCCC4)n3)cc2)CC1.[Na+]. The molecular formula is C29H33N2NaO3S. The van der Waals surface area contributed by atoms with Crippen LogP contribution in [-0.2, 0) is 6.54 Å². The molecule has 0 aliphatic heterocycles. The average Bonchev–Trinajstić information content (AvgIpc) is 3.58. The van der Waals surface area contributed by atoms with Crippen molar-refractivity contribution in [3.63, 3.8) is 0 Å². The maximum Gasteiger partial charge on any atom is 1.00 e. The molecule has 1 heterocycles. The molecule has 5 rings (SSSR count). The van der Waals surface area contributed by atoms with Crippen LogP contribution < -0.4 is 44.3 Å². The number of rotatable bonds is 8. The van der Waals surface area contributed by atoms with Crippen LogP contribution in [0.15, 0.2) is 53.9 Å². The fourth-order valence-corrected chi connectivity index (χ4v) is 6.24. The zero-order valence-electron chi connectivity index (χ0n) is 21.3. The first-order valence-corrected chi connectivity index (χ1v) is 13.7. The zero-order valence-corrected chi connectivity index (χ0v) is 24.1. The van der Waals surface area contributed by atoms with E-state index in [1.165, 1.54) is 25.7 Å². The predicted molar refractivity (Wildman–Crippen MR) is 139 cm³/mol. The number of carbonyl (C=O) groups is 1.